The minimum Gasteiger partial charge on any atom is -0.166 e. The lowest BCUT2D eigenvalue weighted by Gasteiger charge is -2.06. The van der Waals surface area contributed by atoms with Gasteiger partial charge in [-0.2, -0.15) is 18.7 Å². The van der Waals surface area contributed by atoms with Crippen LogP contribution >= 0.6 is 0 Å². The van der Waals surface area contributed by atoms with Gasteiger partial charge < -0.3 is 0 Å². The molecule has 0 heterocycles. The summed E-state index contributed by atoms with van der Waals surface area (Å²) in [5, 5.41) is 0. The first-order valence-corrected chi connectivity index (χ1v) is 3.53. The molecule has 0 atom stereocenters. The summed E-state index contributed by atoms with van der Waals surface area (Å²) in [4.78, 5) is 0. The number of alkyl halides is 3. The second-order valence-corrected chi connectivity index (χ2v) is 2.51. The largest absolute Gasteiger partial charge is 0.416 e. The van der Waals surface area contributed by atoms with Crippen LogP contribution in [0.2, 0.25) is 0 Å². The van der Waals surface area contributed by atoms with Gasteiger partial charge in [0.05, 0.1) is 12.1 Å². The standard InChI is InChI=1S/C8H7F4N/c9-8(10,11)7-3-1-6(2-4-7)5-13-12/h1-4,13H,5H2. The zero-order valence-electron chi connectivity index (χ0n) is 6.53. The summed E-state index contributed by atoms with van der Waals surface area (Å²) in [5.74, 6) is 0. The zero-order chi connectivity index (χ0) is 9.90. The summed E-state index contributed by atoms with van der Waals surface area (Å²) in [6.45, 7) is -0.0852. The molecule has 0 amide bonds. The Morgan fingerprint density at radius 3 is 2.00 bits per heavy atom. The van der Waals surface area contributed by atoms with Gasteiger partial charge >= 0.3 is 6.18 Å². The Kier molecular flexibility index (Phi) is 2.87. The molecule has 1 nitrogen and oxygen atoms in total. The molecule has 0 saturated heterocycles. The summed E-state index contributed by atoms with van der Waals surface area (Å²) < 4.78 is 47.6. The van der Waals surface area contributed by atoms with Gasteiger partial charge in [-0.15, -0.1) is 4.48 Å². The van der Waals surface area contributed by atoms with Crippen molar-refractivity contribution in [2.75, 3.05) is 0 Å². The molecular weight excluding hydrogens is 186 g/mol. The number of benzene rings is 1. The number of rotatable bonds is 2. The summed E-state index contributed by atoms with van der Waals surface area (Å²) in [5.41, 5.74) is 1.10. The maximum Gasteiger partial charge on any atom is 0.416 e. The van der Waals surface area contributed by atoms with E-state index in [1.807, 2.05) is 0 Å². The Morgan fingerprint density at radius 2 is 1.62 bits per heavy atom. The molecule has 0 unspecified atom stereocenters. The van der Waals surface area contributed by atoms with E-state index in [2.05, 4.69) is 0 Å². The van der Waals surface area contributed by atoms with E-state index in [1.165, 1.54) is 17.7 Å². The molecule has 0 radical (unpaired) electrons. The maximum atomic E-state index is 12.0. The Morgan fingerprint density at radius 1 is 1.08 bits per heavy atom. The Bertz CT molecular complexity index is 264. The van der Waals surface area contributed by atoms with Crippen LogP contribution < -0.4 is 5.54 Å². The minimum absolute atomic E-state index is 0.0852. The highest BCUT2D eigenvalue weighted by atomic mass is 19.4. The van der Waals surface area contributed by atoms with Crippen LogP contribution in [0.1, 0.15) is 11.1 Å². The van der Waals surface area contributed by atoms with Crippen molar-refractivity contribution in [3.8, 4) is 0 Å². The quantitative estimate of drug-likeness (QED) is 0.562. The molecule has 1 N–H and O–H groups in total. The predicted octanol–water partition coefficient (Wildman–Crippen LogP) is 2.68. The zero-order valence-corrected chi connectivity index (χ0v) is 6.53. The smallest absolute Gasteiger partial charge is 0.166 e. The Hall–Kier alpha value is -1.10. The van der Waals surface area contributed by atoms with E-state index in [4.69, 9.17) is 0 Å². The van der Waals surface area contributed by atoms with Crippen molar-refractivity contribution in [2.24, 2.45) is 0 Å². The van der Waals surface area contributed by atoms with Gasteiger partial charge in [-0.25, -0.2) is 0 Å². The molecule has 0 aliphatic heterocycles. The van der Waals surface area contributed by atoms with E-state index in [9.17, 15) is 17.7 Å². The molecule has 0 fully saturated rings. The van der Waals surface area contributed by atoms with Gasteiger partial charge in [0.15, 0.2) is 0 Å². The van der Waals surface area contributed by atoms with Crippen LogP contribution in [0.15, 0.2) is 24.3 Å². The average Bonchev–Trinajstić information content (AvgIpc) is 2.04. The number of halogens is 4. The van der Waals surface area contributed by atoms with Crippen LogP contribution in [0, 0.1) is 0 Å². The first-order valence-electron chi connectivity index (χ1n) is 3.53. The number of hydrogen-bond donors (Lipinski definition) is 1. The fourth-order valence-electron chi connectivity index (χ4n) is 0.889. The highest BCUT2D eigenvalue weighted by molar-refractivity contribution is 5.24. The van der Waals surface area contributed by atoms with Crippen molar-refractivity contribution in [1.29, 1.82) is 0 Å². The first kappa shape index (κ1) is 9.98. The van der Waals surface area contributed by atoms with Crippen LogP contribution in [0.3, 0.4) is 0 Å². The molecule has 1 aromatic carbocycles. The fraction of sp³-hybridized carbons (Fsp3) is 0.250. The number of hydrogen-bond acceptors (Lipinski definition) is 1. The molecule has 0 saturated carbocycles. The summed E-state index contributed by atoms with van der Waals surface area (Å²) >= 11 is 0. The SMILES string of the molecule is FNCc1ccc(C(F)(F)F)cc1. The van der Waals surface area contributed by atoms with Crippen molar-refractivity contribution >= 4 is 0 Å². The molecule has 0 bridgehead atoms. The van der Waals surface area contributed by atoms with E-state index < -0.39 is 11.7 Å². The van der Waals surface area contributed by atoms with Crippen molar-refractivity contribution < 1.29 is 17.7 Å². The van der Waals surface area contributed by atoms with Crippen LogP contribution in [0.25, 0.3) is 0 Å². The fourth-order valence-corrected chi connectivity index (χ4v) is 0.889. The third-order valence-electron chi connectivity index (χ3n) is 1.55. The van der Waals surface area contributed by atoms with Crippen molar-refractivity contribution in [1.82, 2.24) is 5.54 Å². The van der Waals surface area contributed by atoms with E-state index in [1.54, 1.807) is 0 Å². The monoisotopic (exact) mass is 193 g/mol. The lowest BCUT2D eigenvalue weighted by Crippen LogP contribution is -2.05. The van der Waals surface area contributed by atoms with Gasteiger partial charge in [0.1, 0.15) is 0 Å². The molecule has 5 heteroatoms. The van der Waals surface area contributed by atoms with E-state index in [-0.39, 0.29) is 6.54 Å². The van der Waals surface area contributed by atoms with Crippen LogP contribution in [0.4, 0.5) is 17.7 Å². The van der Waals surface area contributed by atoms with Crippen molar-refractivity contribution in [3.63, 3.8) is 0 Å². The van der Waals surface area contributed by atoms with E-state index >= 15 is 0 Å². The highest BCUT2D eigenvalue weighted by Crippen LogP contribution is 2.28. The van der Waals surface area contributed by atoms with Gasteiger partial charge in [0.2, 0.25) is 0 Å². The molecule has 1 aromatic rings. The molecule has 0 aliphatic carbocycles. The molecule has 0 aromatic heterocycles. The predicted molar refractivity (Wildman–Crippen MR) is 39.4 cm³/mol. The van der Waals surface area contributed by atoms with Gasteiger partial charge in [-0.1, -0.05) is 12.1 Å². The second kappa shape index (κ2) is 3.74. The van der Waals surface area contributed by atoms with Crippen LogP contribution in [-0.4, -0.2) is 0 Å². The molecular formula is C8H7F4N. The minimum atomic E-state index is -4.33. The lowest BCUT2D eigenvalue weighted by atomic mass is 10.1. The van der Waals surface area contributed by atoms with Gasteiger partial charge in [0.25, 0.3) is 0 Å². The number of nitrogens with one attached hydrogen (secondary N) is 1. The second-order valence-electron chi connectivity index (χ2n) is 2.51. The van der Waals surface area contributed by atoms with Crippen LogP contribution in [0.5, 0.6) is 0 Å². The van der Waals surface area contributed by atoms with Crippen molar-refractivity contribution in [3.05, 3.63) is 35.4 Å². The summed E-state index contributed by atoms with van der Waals surface area (Å²) in [6.07, 6.45) is -4.33. The summed E-state index contributed by atoms with van der Waals surface area (Å²) in [6, 6.07) is 4.31. The molecule has 72 valence electrons. The Labute approximate surface area is 72.3 Å². The molecule has 1 rings (SSSR count). The van der Waals surface area contributed by atoms with E-state index in [0.29, 0.717) is 5.56 Å². The lowest BCUT2D eigenvalue weighted by molar-refractivity contribution is -0.137. The maximum absolute atomic E-state index is 12.0. The highest BCUT2D eigenvalue weighted by Gasteiger charge is 2.29. The van der Waals surface area contributed by atoms with E-state index in [0.717, 1.165) is 12.1 Å². The van der Waals surface area contributed by atoms with Crippen LogP contribution in [-0.2, 0) is 12.7 Å². The third-order valence-corrected chi connectivity index (χ3v) is 1.55. The molecule has 0 spiro atoms. The Balaban J connectivity index is 2.81. The van der Waals surface area contributed by atoms with Gasteiger partial charge in [-0.05, 0) is 17.7 Å². The van der Waals surface area contributed by atoms with Gasteiger partial charge in [0, 0.05) is 0 Å². The molecule has 13 heavy (non-hydrogen) atoms. The van der Waals surface area contributed by atoms with Crippen molar-refractivity contribution in [2.45, 2.75) is 12.7 Å². The topological polar surface area (TPSA) is 12.0 Å². The third kappa shape index (κ3) is 2.69. The van der Waals surface area contributed by atoms with Gasteiger partial charge in [-0.3, -0.25) is 0 Å². The normalized spacial score (nSPS) is 11.7. The first-order chi connectivity index (χ1) is 6.04. The molecule has 0 aliphatic rings. The average molecular weight is 193 g/mol. The summed E-state index contributed by atoms with van der Waals surface area (Å²) in [7, 11) is 0.